The molecule has 6 nitrogen and oxygen atoms in total. The van der Waals surface area contributed by atoms with E-state index in [2.05, 4.69) is 22.2 Å². The lowest BCUT2D eigenvalue weighted by Gasteiger charge is -2.32. The number of nitrogens with one attached hydrogen (secondary N) is 1. The first-order chi connectivity index (χ1) is 19.3. The van der Waals surface area contributed by atoms with Gasteiger partial charge in [0.2, 0.25) is 0 Å². The van der Waals surface area contributed by atoms with Crippen LogP contribution in [0.5, 0.6) is 0 Å². The number of nitrogens with zero attached hydrogens (tertiary/aromatic N) is 3. The van der Waals surface area contributed by atoms with Crippen LogP contribution in [0.1, 0.15) is 51.7 Å². The van der Waals surface area contributed by atoms with Gasteiger partial charge in [-0.05, 0) is 84.5 Å². The summed E-state index contributed by atoms with van der Waals surface area (Å²) in [7, 11) is 1.67. The molecule has 2 heterocycles. The lowest BCUT2D eigenvalue weighted by atomic mass is 9.98. The summed E-state index contributed by atoms with van der Waals surface area (Å²) in [6.07, 6.45) is 3.95. The fourth-order valence-corrected chi connectivity index (χ4v) is 5.02. The number of ketones is 2. The Balaban J connectivity index is 1.19. The monoisotopic (exact) mass is 542 g/mol. The number of carbonyl (C=O) groups excluding carboxylic acids is 2. The summed E-state index contributed by atoms with van der Waals surface area (Å²) in [6, 6.07) is 18.0. The molecule has 0 radical (unpaired) electrons. The SMILES string of the molecule is CC1CCN(c2ccc(C(=O)Cc3ccc(Nc4ccc(CC(=O)c5ccnn5C)cc4F)c(F)c3)cc2)CC1. The Labute approximate surface area is 232 Å². The number of Topliss-reactive ketones (excluding diaryl/α,β-unsaturated/α-hetero) is 2. The highest BCUT2D eigenvalue weighted by Crippen LogP contribution is 2.26. The number of anilines is 3. The third-order valence-electron chi connectivity index (χ3n) is 7.51. The van der Waals surface area contributed by atoms with Crippen LogP contribution in [0.3, 0.4) is 0 Å². The quantitative estimate of drug-likeness (QED) is 0.244. The van der Waals surface area contributed by atoms with Crippen molar-refractivity contribution in [2.24, 2.45) is 13.0 Å². The first-order valence-corrected chi connectivity index (χ1v) is 13.5. The molecule has 0 saturated carbocycles. The minimum atomic E-state index is -0.600. The molecule has 0 aliphatic carbocycles. The van der Waals surface area contributed by atoms with E-state index in [0.717, 1.165) is 24.7 Å². The van der Waals surface area contributed by atoms with E-state index in [1.54, 1.807) is 25.2 Å². The Morgan fingerprint density at radius 2 is 1.43 bits per heavy atom. The summed E-state index contributed by atoms with van der Waals surface area (Å²) in [5, 5.41) is 6.75. The van der Waals surface area contributed by atoms with Gasteiger partial charge in [0.25, 0.3) is 0 Å². The molecule has 0 spiro atoms. The number of carbonyl (C=O) groups is 2. The van der Waals surface area contributed by atoms with E-state index in [-0.39, 0.29) is 35.8 Å². The van der Waals surface area contributed by atoms with Crippen LogP contribution in [-0.2, 0) is 19.9 Å². The van der Waals surface area contributed by atoms with Gasteiger partial charge in [-0.15, -0.1) is 0 Å². The summed E-state index contributed by atoms with van der Waals surface area (Å²) in [5.41, 5.74) is 3.35. The van der Waals surface area contributed by atoms with Gasteiger partial charge >= 0.3 is 0 Å². The van der Waals surface area contributed by atoms with Crippen LogP contribution in [0, 0.1) is 17.6 Å². The number of hydrogen-bond donors (Lipinski definition) is 1. The van der Waals surface area contributed by atoms with Gasteiger partial charge in [0.05, 0.1) is 11.4 Å². The highest BCUT2D eigenvalue weighted by atomic mass is 19.1. The topological polar surface area (TPSA) is 67.2 Å². The molecular weight excluding hydrogens is 510 g/mol. The van der Waals surface area contributed by atoms with Crippen LogP contribution in [0.15, 0.2) is 72.9 Å². The van der Waals surface area contributed by atoms with Crippen molar-refractivity contribution in [2.45, 2.75) is 32.6 Å². The molecule has 206 valence electrons. The number of halogens is 2. The molecule has 3 aromatic carbocycles. The van der Waals surface area contributed by atoms with E-state index >= 15 is 0 Å². The molecule has 1 aliphatic heterocycles. The second-order valence-corrected chi connectivity index (χ2v) is 10.5. The summed E-state index contributed by atoms with van der Waals surface area (Å²) in [5.74, 6) is -0.713. The predicted octanol–water partition coefficient (Wildman–Crippen LogP) is 6.53. The molecule has 4 aromatic rings. The Kier molecular flexibility index (Phi) is 8.05. The van der Waals surface area contributed by atoms with Crippen LogP contribution in [0.25, 0.3) is 0 Å². The molecule has 5 rings (SSSR count). The first-order valence-electron chi connectivity index (χ1n) is 13.5. The van der Waals surface area contributed by atoms with E-state index in [0.29, 0.717) is 22.4 Å². The van der Waals surface area contributed by atoms with Gasteiger partial charge in [0.15, 0.2) is 11.6 Å². The molecule has 0 unspecified atom stereocenters. The zero-order valence-corrected chi connectivity index (χ0v) is 22.7. The number of benzene rings is 3. The molecule has 1 aromatic heterocycles. The van der Waals surface area contributed by atoms with E-state index in [9.17, 15) is 18.4 Å². The molecule has 1 aliphatic rings. The van der Waals surface area contributed by atoms with Gasteiger partial charge in [0.1, 0.15) is 17.3 Å². The normalized spacial score (nSPS) is 13.8. The molecule has 0 bridgehead atoms. The van der Waals surface area contributed by atoms with Gasteiger partial charge in [-0.1, -0.05) is 19.1 Å². The zero-order valence-electron chi connectivity index (χ0n) is 22.7. The molecule has 8 heteroatoms. The lowest BCUT2D eigenvalue weighted by Crippen LogP contribution is -2.32. The summed E-state index contributed by atoms with van der Waals surface area (Å²) >= 11 is 0. The standard InChI is InChI=1S/C32H32F2N4O2/c1-21-12-15-38(16-13-21)25-7-5-24(6-8-25)31(39)19-22-3-9-28(26(33)17-22)36-29-10-4-23(18-27(29)34)20-32(40)30-11-14-35-37(30)2/h3-11,14,17-18,21,36H,12-13,15-16,19-20H2,1-2H3. The van der Waals surface area contributed by atoms with E-state index < -0.39 is 11.6 Å². The maximum absolute atomic E-state index is 14.9. The Bertz CT molecular complexity index is 1520. The highest BCUT2D eigenvalue weighted by molar-refractivity contribution is 5.98. The highest BCUT2D eigenvalue weighted by Gasteiger charge is 2.17. The van der Waals surface area contributed by atoms with Crippen molar-refractivity contribution in [3.05, 3.63) is 107 Å². The number of rotatable bonds is 9. The molecule has 0 amide bonds. The van der Waals surface area contributed by atoms with Crippen molar-refractivity contribution in [3.63, 3.8) is 0 Å². The smallest absolute Gasteiger partial charge is 0.185 e. The van der Waals surface area contributed by atoms with Crippen molar-refractivity contribution in [1.82, 2.24) is 9.78 Å². The van der Waals surface area contributed by atoms with Gasteiger partial charge in [-0.2, -0.15) is 5.10 Å². The van der Waals surface area contributed by atoms with Crippen molar-refractivity contribution >= 4 is 28.6 Å². The fraction of sp³-hybridized carbons (Fsp3) is 0.281. The van der Waals surface area contributed by atoms with E-state index in [1.807, 2.05) is 24.3 Å². The van der Waals surface area contributed by atoms with Crippen LogP contribution < -0.4 is 10.2 Å². The van der Waals surface area contributed by atoms with Crippen LogP contribution in [0.2, 0.25) is 0 Å². The number of aromatic nitrogens is 2. The van der Waals surface area contributed by atoms with Crippen LogP contribution in [0.4, 0.5) is 25.8 Å². The molecular formula is C32H32F2N4O2. The van der Waals surface area contributed by atoms with Gasteiger partial charge in [-0.25, -0.2) is 8.78 Å². The van der Waals surface area contributed by atoms with Crippen LogP contribution >= 0.6 is 0 Å². The van der Waals surface area contributed by atoms with E-state index in [1.165, 1.54) is 48.0 Å². The number of piperidine rings is 1. The predicted molar refractivity (Wildman–Crippen MR) is 152 cm³/mol. The summed E-state index contributed by atoms with van der Waals surface area (Å²) in [4.78, 5) is 27.6. The maximum Gasteiger partial charge on any atom is 0.185 e. The summed E-state index contributed by atoms with van der Waals surface area (Å²) < 4.78 is 31.2. The molecule has 1 fully saturated rings. The maximum atomic E-state index is 14.9. The van der Waals surface area contributed by atoms with Crippen LogP contribution in [-0.4, -0.2) is 34.4 Å². The Morgan fingerprint density at radius 1 is 0.850 bits per heavy atom. The second kappa shape index (κ2) is 11.8. The average Bonchev–Trinajstić information content (AvgIpc) is 3.38. The second-order valence-electron chi connectivity index (χ2n) is 10.5. The minimum absolute atomic E-state index is 0.0219. The van der Waals surface area contributed by atoms with Crippen molar-refractivity contribution in [3.8, 4) is 0 Å². The molecule has 1 N–H and O–H groups in total. The first kappa shape index (κ1) is 27.2. The van der Waals surface area contributed by atoms with Gasteiger partial charge in [-0.3, -0.25) is 14.3 Å². The zero-order chi connectivity index (χ0) is 28.2. The fourth-order valence-electron chi connectivity index (χ4n) is 5.02. The van der Waals surface area contributed by atoms with Gasteiger partial charge < -0.3 is 10.2 Å². The lowest BCUT2D eigenvalue weighted by molar-refractivity contribution is 0.0979. The van der Waals surface area contributed by atoms with Crippen molar-refractivity contribution < 1.29 is 18.4 Å². The largest absolute Gasteiger partial charge is 0.372 e. The van der Waals surface area contributed by atoms with E-state index in [4.69, 9.17) is 0 Å². The third kappa shape index (κ3) is 6.28. The minimum Gasteiger partial charge on any atom is -0.372 e. The molecule has 0 atom stereocenters. The average molecular weight is 543 g/mol. The van der Waals surface area contributed by atoms with Gasteiger partial charge in [0, 0.05) is 50.4 Å². The Morgan fingerprint density at radius 3 is 1.95 bits per heavy atom. The molecule has 1 saturated heterocycles. The Hall–Kier alpha value is -4.33. The van der Waals surface area contributed by atoms with Crippen molar-refractivity contribution in [2.75, 3.05) is 23.3 Å². The summed E-state index contributed by atoms with van der Waals surface area (Å²) in [6.45, 7) is 4.32. The van der Waals surface area contributed by atoms with Crippen molar-refractivity contribution in [1.29, 1.82) is 0 Å². The molecule has 40 heavy (non-hydrogen) atoms. The number of aryl methyl sites for hydroxylation is 1. The number of hydrogen-bond acceptors (Lipinski definition) is 5. The third-order valence-corrected chi connectivity index (χ3v) is 7.51.